The molecule has 1 atom stereocenters. The van der Waals surface area contributed by atoms with Gasteiger partial charge < -0.3 is 14.7 Å². The van der Waals surface area contributed by atoms with Crippen molar-refractivity contribution in [3.05, 3.63) is 34.5 Å². The summed E-state index contributed by atoms with van der Waals surface area (Å²) < 4.78 is 4.64. The Balaban J connectivity index is 1.77. The van der Waals surface area contributed by atoms with Gasteiger partial charge in [0.05, 0.1) is 28.8 Å². The molecule has 30 heavy (non-hydrogen) atoms. The highest BCUT2D eigenvalue weighted by atomic mass is 32.1. The molecule has 1 aliphatic heterocycles. The van der Waals surface area contributed by atoms with Gasteiger partial charge in [0, 0.05) is 12.6 Å². The van der Waals surface area contributed by atoms with Crippen LogP contribution in [0.3, 0.4) is 0 Å². The summed E-state index contributed by atoms with van der Waals surface area (Å²) in [7, 11) is 1.30. The third-order valence-electron chi connectivity index (χ3n) is 5.94. The van der Waals surface area contributed by atoms with Crippen LogP contribution in [0, 0.1) is 12.8 Å². The van der Waals surface area contributed by atoms with E-state index < -0.39 is 11.7 Å². The van der Waals surface area contributed by atoms with Crippen LogP contribution in [-0.2, 0) is 16.9 Å². The second-order valence-electron chi connectivity index (χ2n) is 8.68. The molecular weight excluding hydrogens is 402 g/mol. The van der Waals surface area contributed by atoms with Gasteiger partial charge in [-0.05, 0) is 75.3 Å². The van der Waals surface area contributed by atoms with Crippen molar-refractivity contribution in [3.8, 4) is 10.4 Å². The Labute approximate surface area is 180 Å². The van der Waals surface area contributed by atoms with E-state index in [0.29, 0.717) is 28.7 Å². The minimum Gasteiger partial charge on any atom is -0.453 e. The minimum absolute atomic E-state index is 0.00199. The molecule has 0 saturated heterocycles. The first-order chi connectivity index (χ1) is 14.1. The molecule has 1 aromatic heterocycles. The molecule has 2 amide bonds. The van der Waals surface area contributed by atoms with Crippen molar-refractivity contribution >= 4 is 28.5 Å². The van der Waals surface area contributed by atoms with E-state index >= 15 is 0 Å². The lowest BCUT2D eigenvalue weighted by molar-refractivity contribution is 0.0648. The molecule has 1 aromatic carbocycles. The lowest BCUT2D eigenvalue weighted by atomic mass is 9.88. The third kappa shape index (κ3) is 3.70. The van der Waals surface area contributed by atoms with Crippen molar-refractivity contribution in [1.82, 2.24) is 9.88 Å². The number of nitrogens with one attached hydrogen (secondary N) is 1. The molecule has 1 fully saturated rings. The second-order valence-corrected chi connectivity index (χ2v) is 9.68. The number of rotatable bonds is 5. The molecule has 0 bridgehead atoms. The molecule has 4 rings (SSSR count). The average molecular weight is 430 g/mol. The van der Waals surface area contributed by atoms with Gasteiger partial charge in [0.1, 0.15) is 0 Å². The first-order valence-corrected chi connectivity index (χ1v) is 10.9. The van der Waals surface area contributed by atoms with Crippen LogP contribution in [0.25, 0.3) is 10.4 Å². The number of carbonyl (C=O) groups is 2. The van der Waals surface area contributed by atoms with E-state index in [1.54, 1.807) is 13.8 Å². The van der Waals surface area contributed by atoms with E-state index in [-0.39, 0.29) is 11.9 Å². The fraction of sp³-hybridized carbons (Fsp3) is 0.500. The SMILES string of the molecule is COC(=O)Nc1nc(C)c(-c2cc3c(c(C(C)(C)O)c2)C(=O)N([C@@H](C)C2CC2)C3)s1. The molecular formula is C22H27N3O4S. The number of aromatic nitrogens is 1. The number of nitrogens with zero attached hydrogens (tertiary/aromatic N) is 2. The van der Waals surface area contributed by atoms with Gasteiger partial charge in [-0.15, -0.1) is 0 Å². The number of hydrogen-bond donors (Lipinski definition) is 2. The monoisotopic (exact) mass is 429 g/mol. The lowest BCUT2D eigenvalue weighted by Gasteiger charge is -2.25. The molecule has 2 aromatic rings. The van der Waals surface area contributed by atoms with Crippen molar-refractivity contribution < 1.29 is 19.4 Å². The van der Waals surface area contributed by atoms with Gasteiger partial charge in [-0.1, -0.05) is 11.3 Å². The number of fused-ring (bicyclic) bond motifs is 1. The quantitative estimate of drug-likeness (QED) is 0.740. The van der Waals surface area contributed by atoms with Crippen LogP contribution in [-0.4, -0.2) is 40.1 Å². The maximum Gasteiger partial charge on any atom is 0.413 e. The summed E-state index contributed by atoms with van der Waals surface area (Å²) in [6.07, 6.45) is 1.76. The Kier molecular flexibility index (Phi) is 5.10. The van der Waals surface area contributed by atoms with E-state index in [0.717, 1.165) is 21.7 Å². The Bertz CT molecular complexity index is 1020. The number of amides is 2. The van der Waals surface area contributed by atoms with E-state index in [9.17, 15) is 14.7 Å². The zero-order valence-electron chi connectivity index (χ0n) is 17.9. The number of aryl methyl sites for hydroxylation is 1. The van der Waals surface area contributed by atoms with Gasteiger partial charge in [-0.2, -0.15) is 0 Å². The Morgan fingerprint density at radius 1 is 1.40 bits per heavy atom. The van der Waals surface area contributed by atoms with Crippen molar-refractivity contribution in [2.45, 2.75) is 58.7 Å². The molecule has 2 aliphatic rings. The number of aliphatic hydroxyl groups is 1. The van der Waals surface area contributed by atoms with Crippen LogP contribution >= 0.6 is 11.3 Å². The maximum atomic E-state index is 13.3. The Morgan fingerprint density at radius 3 is 2.70 bits per heavy atom. The number of anilines is 1. The van der Waals surface area contributed by atoms with E-state index in [1.165, 1.54) is 31.3 Å². The third-order valence-corrected chi connectivity index (χ3v) is 7.07. The fourth-order valence-electron chi connectivity index (χ4n) is 4.11. The van der Waals surface area contributed by atoms with Crippen molar-refractivity contribution in [3.63, 3.8) is 0 Å². The normalized spacial score (nSPS) is 17.1. The predicted molar refractivity (Wildman–Crippen MR) is 116 cm³/mol. The average Bonchev–Trinajstić information content (AvgIpc) is 3.39. The van der Waals surface area contributed by atoms with Crippen molar-refractivity contribution in [2.75, 3.05) is 12.4 Å². The number of ether oxygens (including phenoxy) is 1. The number of methoxy groups -OCH3 is 1. The summed E-state index contributed by atoms with van der Waals surface area (Å²) in [5.41, 5.74) is 2.65. The first-order valence-electron chi connectivity index (χ1n) is 10.1. The molecule has 0 unspecified atom stereocenters. The van der Waals surface area contributed by atoms with E-state index in [1.807, 2.05) is 24.0 Å². The van der Waals surface area contributed by atoms with Gasteiger partial charge in [-0.25, -0.2) is 9.78 Å². The summed E-state index contributed by atoms with van der Waals surface area (Å²) >= 11 is 1.34. The molecule has 2 N–H and O–H groups in total. The maximum absolute atomic E-state index is 13.3. The highest BCUT2D eigenvalue weighted by molar-refractivity contribution is 7.19. The molecule has 8 heteroatoms. The molecule has 0 spiro atoms. The Morgan fingerprint density at radius 2 is 2.10 bits per heavy atom. The van der Waals surface area contributed by atoms with Gasteiger partial charge in [-0.3, -0.25) is 10.1 Å². The fourth-order valence-corrected chi connectivity index (χ4v) is 5.05. The van der Waals surface area contributed by atoms with E-state index in [2.05, 4.69) is 22.0 Å². The van der Waals surface area contributed by atoms with Crippen molar-refractivity contribution in [2.24, 2.45) is 5.92 Å². The summed E-state index contributed by atoms with van der Waals surface area (Å²) in [5, 5.41) is 13.9. The molecule has 7 nitrogen and oxygen atoms in total. The first kappa shape index (κ1) is 20.8. The second kappa shape index (κ2) is 7.35. The standard InChI is InChI=1S/C22H27N3O4S/c1-11-18(30-20(23-11)24-21(27)29-5)14-8-15-10-25(12(2)13-6-7-13)19(26)17(15)16(9-14)22(3,4)28/h8-9,12-13,28H,6-7,10H2,1-5H3,(H,23,24,27)/t12-/m0/s1. The number of benzene rings is 1. The summed E-state index contributed by atoms with van der Waals surface area (Å²) in [6.45, 7) is 7.95. The summed E-state index contributed by atoms with van der Waals surface area (Å²) in [4.78, 5) is 32.0. The summed E-state index contributed by atoms with van der Waals surface area (Å²) in [6, 6.07) is 4.10. The number of thiazole rings is 1. The van der Waals surface area contributed by atoms with Crippen LogP contribution in [0.2, 0.25) is 0 Å². The smallest absolute Gasteiger partial charge is 0.413 e. The lowest BCUT2D eigenvalue weighted by Crippen LogP contribution is -2.35. The van der Waals surface area contributed by atoms with Crippen molar-refractivity contribution in [1.29, 1.82) is 0 Å². The number of carbonyl (C=O) groups excluding carboxylic acids is 2. The molecule has 0 radical (unpaired) electrons. The zero-order chi connectivity index (χ0) is 21.8. The van der Waals surface area contributed by atoms with Crippen LogP contribution in [0.5, 0.6) is 0 Å². The molecule has 1 aliphatic carbocycles. The van der Waals surface area contributed by atoms with Crippen LogP contribution in [0.1, 0.15) is 60.8 Å². The molecule has 2 heterocycles. The summed E-state index contributed by atoms with van der Waals surface area (Å²) in [5.74, 6) is 0.575. The highest BCUT2D eigenvalue weighted by Crippen LogP contribution is 2.43. The van der Waals surface area contributed by atoms with Crippen LogP contribution in [0.4, 0.5) is 9.93 Å². The minimum atomic E-state index is -1.17. The topological polar surface area (TPSA) is 91.8 Å². The molecule has 1 saturated carbocycles. The van der Waals surface area contributed by atoms with Gasteiger partial charge >= 0.3 is 6.09 Å². The zero-order valence-corrected chi connectivity index (χ0v) is 18.7. The van der Waals surface area contributed by atoms with Crippen LogP contribution in [0.15, 0.2) is 12.1 Å². The van der Waals surface area contributed by atoms with Gasteiger partial charge in [0.25, 0.3) is 5.91 Å². The largest absolute Gasteiger partial charge is 0.453 e. The highest BCUT2D eigenvalue weighted by Gasteiger charge is 2.41. The number of hydrogen-bond acceptors (Lipinski definition) is 6. The predicted octanol–water partition coefficient (Wildman–Crippen LogP) is 4.28. The van der Waals surface area contributed by atoms with Crippen LogP contribution < -0.4 is 5.32 Å². The van der Waals surface area contributed by atoms with Gasteiger partial charge in [0.15, 0.2) is 5.13 Å². The Hall–Kier alpha value is -2.45. The molecule has 160 valence electrons. The van der Waals surface area contributed by atoms with E-state index in [4.69, 9.17) is 0 Å². The van der Waals surface area contributed by atoms with Gasteiger partial charge in [0.2, 0.25) is 0 Å².